The molecule has 1 saturated heterocycles. The quantitative estimate of drug-likeness (QED) is 0.687. The van der Waals surface area contributed by atoms with E-state index in [2.05, 4.69) is 16.0 Å². The van der Waals surface area contributed by atoms with Crippen LogP contribution in [0.4, 0.5) is 27.5 Å². The molecular formula is C23H22N4O5. The molecule has 0 aromatic heterocycles. The molecule has 1 atom stereocenters. The highest BCUT2D eigenvalue weighted by Gasteiger charge is 2.36. The van der Waals surface area contributed by atoms with Crippen LogP contribution in [0.3, 0.4) is 0 Å². The molecule has 0 aliphatic carbocycles. The average molecular weight is 434 g/mol. The Balaban J connectivity index is 1.22. The second kappa shape index (κ2) is 7.99. The molecule has 9 nitrogen and oxygen atoms in total. The molecule has 1 fully saturated rings. The van der Waals surface area contributed by atoms with Gasteiger partial charge in [0.1, 0.15) is 0 Å². The maximum absolute atomic E-state index is 12.8. The van der Waals surface area contributed by atoms with Crippen LogP contribution in [-0.4, -0.2) is 36.5 Å². The number of rotatable bonds is 3. The standard InChI is InChI=1S/C23H22N4O5/c28-20-7-1-13-11-15(3-5-17(13)25-20)24-23(31)32-19-9-10-27(22(19)30)16-4-6-18-14(12-16)2-8-21(29)26-18/h3-6,11-12,19H,1-2,7-10H2,(H,24,31)(H,25,28)(H,26,29). The molecule has 2 aromatic carbocycles. The van der Waals surface area contributed by atoms with Crippen LogP contribution in [0.2, 0.25) is 0 Å². The van der Waals surface area contributed by atoms with E-state index < -0.39 is 12.2 Å². The van der Waals surface area contributed by atoms with Gasteiger partial charge in [-0.25, -0.2) is 4.79 Å². The highest BCUT2D eigenvalue weighted by molar-refractivity contribution is 6.01. The number of carbonyl (C=O) groups is 4. The number of carbonyl (C=O) groups excluding carboxylic acids is 4. The van der Waals surface area contributed by atoms with Gasteiger partial charge in [0.15, 0.2) is 6.10 Å². The summed E-state index contributed by atoms with van der Waals surface area (Å²) in [5.41, 5.74) is 4.71. The summed E-state index contributed by atoms with van der Waals surface area (Å²) in [5.74, 6) is -0.302. The molecule has 3 aliphatic rings. The third kappa shape index (κ3) is 3.89. The smallest absolute Gasteiger partial charge is 0.412 e. The van der Waals surface area contributed by atoms with Crippen LogP contribution in [0.25, 0.3) is 0 Å². The van der Waals surface area contributed by atoms with Gasteiger partial charge in [-0.2, -0.15) is 0 Å². The molecule has 5 rings (SSSR count). The minimum Gasteiger partial charge on any atom is -0.436 e. The lowest BCUT2D eigenvalue weighted by atomic mass is 10.0. The van der Waals surface area contributed by atoms with Crippen LogP contribution in [0.1, 0.15) is 30.4 Å². The lowest BCUT2D eigenvalue weighted by Crippen LogP contribution is -2.33. The fraction of sp³-hybridized carbons (Fsp3) is 0.304. The molecule has 164 valence electrons. The van der Waals surface area contributed by atoms with E-state index in [1.165, 1.54) is 0 Å². The van der Waals surface area contributed by atoms with E-state index in [0.29, 0.717) is 44.3 Å². The maximum atomic E-state index is 12.8. The number of benzene rings is 2. The number of hydrogen-bond acceptors (Lipinski definition) is 5. The number of ether oxygens (including phenoxy) is 1. The van der Waals surface area contributed by atoms with Crippen molar-refractivity contribution in [2.75, 3.05) is 27.4 Å². The first kappa shape index (κ1) is 20.0. The summed E-state index contributed by atoms with van der Waals surface area (Å²) in [4.78, 5) is 49.8. The first-order valence-corrected chi connectivity index (χ1v) is 10.6. The van der Waals surface area contributed by atoms with Gasteiger partial charge in [0.05, 0.1) is 0 Å². The minimum atomic E-state index is -0.859. The molecule has 0 radical (unpaired) electrons. The van der Waals surface area contributed by atoms with Gasteiger partial charge < -0.3 is 20.3 Å². The highest BCUT2D eigenvalue weighted by Crippen LogP contribution is 2.31. The van der Waals surface area contributed by atoms with Crippen molar-refractivity contribution < 1.29 is 23.9 Å². The zero-order valence-electron chi connectivity index (χ0n) is 17.3. The monoisotopic (exact) mass is 434 g/mol. The molecule has 0 spiro atoms. The van der Waals surface area contributed by atoms with Gasteiger partial charge >= 0.3 is 6.09 Å². The Morgan fingerprint density at radius 3 is 2.28 bits per heavy atom. The molecule has 4 amide bonds. The van der Waals surface area contributed by atoms with Gasteiger partial charge in [-0.15, -0.1) is 0 Å². The van der Waals surface area contributed by atoms with Crippen molar-refractivity contribution >= 4 is 46.6 Å². The summed E-state index contributed by atoms with van der Waals surface area (Å²) in [7, 11) is 0. The van der Waals surface area contributed by atoms with Gasteiger partial charge in [-0.05, 0) is 60.4 Å². The van der Waals surface area contributed by atoms with Crippen molar-refractivity contribution in [3.8, 4) is 0 Å². The number of amides is 4. The summed E-state index contributed by atoms with van der Waals surface area (Å²) in [6.45, 7) is 0.445. The predicted molar refractivity (Wildman–Crippen MR) is 118 cm³/mol. The average Bonchev–Trinajstić information content (AvgIpc) is 3.13. The molecule has 32 heavy (non-hydrogen) atoms. The lowest BCUT2D eigenvalue weighted by molar-refractivity contribution is -0.124. The zero-order valence-corrected chi connectivity index (χ0v) is 17.3. The van der Waals surface area contributed by atoms with Gasteiger partial charge in [0, 0.05) is 48.6 Å². The molecule has 2 aromatic rings. The third-order valence-electron chi connectivity index (χ3n) is 5.95. The summed E-state index contributed by atoms with van der Waals surface area (Å²) in [6.07, 6.45) is 0.904. The van der Waals surface area contributed by atoms with Crippen LogP contribution in [0, 0.1) is 0 Å². The predicted octanol–water partition coefficient (Wildman–Crippen LogP) is 2.81. The van der Waals surface area contributed by atoms with Gasteiger partial charge in [0.2, 0.25) is 11.8 Å². The van der Waals surface area contributed by atoms with Crippen molar-refractivity contribution in [1.29, 1.82) is 0 Å². The Hall–Kier alpha value is -3.88. The molecular weight excluding hydrogens is 412 g/mol. The molecule has 1 unspecified atom stereocenters. The lowest BCUT2D eigenvalue weighted by Gasteiger charge is -2.22. The number of hydrogen-bond donors (Lipinski definition) is 3. The minimum absolute atomic E-state index is 0.00865. The second-order valence-corrected chi connectivity index (χ2v) is 8.11. The molecule has 0 bridgehead atoms. The Bertz CT molecular complexity index is 1150. The summed E-state index contributed by atoms with van der Waals surface area (Å²) >= 11 is 0. The van der Waals surface area contributed by atoms with Crippen LogP contribution in [0.5, 0.6) is 0 Å². The van der Waals surface area contributed by atoms with Crippen LogP contribution in [-0.2, 0) is 32.0 Å². The Labute approximate surface area is 184 Å². The first-order chi connectivity index (χ1) is 15.5. The van der Waals surface area contributed by atoms with Gasteiger partial charge in [0.25, 0.3) is 5.91 Å². The summed E-state index contributed by atoms with van der Waals surface area (Å²) in [5, 5.41) is 8.29. The first-order valence-electron chi connectivity index (χ1n) is 10.6. The highest BCUT2D eigenvalue weighted by atomic mass is 16.6. The Morgan fingerprint density at radius 2 is 1.56 bits per heavy atom. The number of nitrogens with zero attached hydrogens (tertiary/aromatic N) is 1. The third-order valence-corrected chi connectivity index (χ3v) is 5.95. The number of nitrogens with one attached hydrogen (secondary N) is 3. The molecule has 3 N–H and O–H groups in total. The summed E-state index contributed by atoms with van der Waals surface area (Å²) < 4.78 is 5.40. The van der Waals surface area contributed by atoms with Crippen LogP contribution >= 0.6 is 0 Å². The van der Waals surface area contributed by atoms with Crippen molar-refractivity contribution in [2.24, 2.45) is 0 Å². The van der Waals surface area contributed by atoms with Gasteiger partial charge in [-0.1, -0.05) is 0 Å². The Morgan fingerprint density at radius 1 is 0.906 bits per heavy atom. The van der Waals surface area contributed by atoms with Crippen molar-refractivity contribution in [3.63, 3.8) is 0 Å². The van der Waals surface area contributed by atoms with E-state index in [9.17, 15) is 19.2 Å². The molecule has 0 saturated carbocycles. The molecule has 3 aliphatic heterocycles. The van der Waals surface area contributed by atoms with E-state index in [0.717, 1.165) is 28.2 Å². The number of fused-ring (bicyclic) bond motifs is 2. The van der Waals surface area contributed by atoms with E-state index in [1.807, 2.05) is 6.07 Å². The number of aryl methyl sites for hydroxylation is 2. The number of anilines is 4. The SMILES string of the molecule is O=C1CCc2cc(NC(=O)OC3CCN(c4ccc5c(c4)CCC(=O)N5)C3=O)ccc2N1. The molecule has 9 heteroatoms. The van der Waals surface area contributed by atoms with E-state index in [4.69, 9.17) is 4.74 Å². The second-order valence-electron chi connectivity index (χ2n) is 8.11. The fourth-order valence-corrected chi connectivity index (χ4v) is 4.29. The zero-order chi connectivity index (χ0) is 22.2. The Kier molecular flexibility index (Phi) is 5.01. The van der Waals surface area contributed by atoms with Crippen molar-refractivity contribution in [2.45, 2.75) is 38.2 Å². The van der Waals surface area contributed by atoms with Gasteiger partial charge in [-0.3, -0.25) is 19.7 Å². The van der Waals surface area contributed by atoms with Crippen molar-refractivity contribution in [1.82, 2.24) is 0 Å². The van der Waals surface area contributed by atoms with Crippen molar-refractivity contribution in [3.05, 3.63) is 47.5 Å². The maximum Gasteiger partial charge on any atom is 0.412 e. The topological polar surface area (TPSA) is 117 Å². The van der Waals surface area contributed by atoms with Crippen LogP contribution < -0.4 is 20.9 Å². The fourth-order valence-electron chi connectivity index (χ4n) is 4.29. The summed E-state index contributed by atoms with van der Waals surface area (Å²) in [6, 6.07) is 10.7. The normalized spacial score (nSPS) is 19.6. The molecule has 3 heterocycles. The largest absolute Gasteiger partial charge is 0.436 e. The van der Waals surface area contributed by atoms with Crippen LogP contribution in [0.15, 0.2) is 36.4 Å². The van der Waals surface area contributed by atoms with E-state index in [1.54, 1.807) is 35.2 Å². The van der Waals surface area contributed by atoms with E-state index in [-0.39, 0.29) is 17.7 Å². The van der Waals surface area contributed by atoms with E-state index >= 15 is 0 Å².